The molecule has 5 N–H and O–H groups in total. The minimum absolute atomic E-state index is 0.179. The van der Waals surface area contributed by atoms with E-state index in [0.717, 1.165) is 0 Å². The maximum Gasteiger partial charge on any atom is 0.316 e. The van der Waals surface area contributed by atoms with Crippen LogP contribution < -0.4 is 21.9 Å². The molecule has 0 fully saturated rings. The first-order valence-electron chi connectivity index (χ1n) is 5.56. The van der Waals surface area contributed by atoms with Crippen LogP contribution in [0, 0.1) is 0 Å². The van der Waals surface area contributed by atoms with Gasteiger partial charge in [-0.15, -0.1) is 0 Å². The lowest BCUT2D eigenvalue weighted by molar-refractivity contribution is 0.0948. The van der Waals surface area contributed by atoms with E-state index >= 15 is 0 Å². The Kier molecular flexibility index (Phi) is 5.48. The van der Waals surface area contributed by atoms with Crippen molar-refractivity contribution in [1.29, 1.82) is 0 Å². The summed E-state index contributed by atoms with van der Waals surface area (Å²) in [5.41, 5.74) is 2.49. The van der Waals surface area contributed by atoms with E-state index in [1.807, 2.05) is 0 Å². The Bertz CT molecular complexity index is 432. The third kappa shape index (κ3) is 4.76. The van der Waals surface area contributed by atoms with Crippen LogP contribution in [0.15, 0.2) is 12.4 Å². The summed E-state index contributed by atoms with van der Waals surface area (Å²) in [6, 6.07) is -0.215. The van der Waals surface area contributed by atoms with Crippen LogP contribution in [-0.4, -0.2) is 54.0 Å². The first-order chi connectivity index (χ1) is 9.04. The zero-order valence-electron chi connectivity index (χ0n) is 10.8. The molecule has 0 aromatic carbocycles. The van der Waals surface area contributed by atoms with Gasteiger partial charge in [-0.2, -0.15) is 0 Å². The molecule has 3 amide bonds. The van der Waals surface area contributed by atoms with E-state index < -0.39 is 0 Å². The summed E-state index contributed by atoms with van der Waals surface area (Å²) < 4.78 is 0. The number of rotatable bonds is 5. The number of carbonyl (C=O) groups excluding carboxylic acids is 2. The van der Waals surface area contributed by atoms with E-state index in [1.54, 1.807) is 14.1 Å². The predicted molar refractivity (Wildman–Crippen MR) is 69.3 cm³/mol. The number of nitrogens with two attached hydrogens (primary N) is 1. The van der Waals surface area contributed by atoms with Crippen LogP contribution in [0.25, 0.3) is 0 Å². The molecule has 0 spiro atoms. The molecule has 9 nitrogen and oxygen atoms in total. The highest BCUT2D eigenvalue weighted by molar-refractivity contribution is 5.92. The highest BCUT2D eigenvalue weighted by atomic mass is 16.2. The molecule has 0 saturated carbocycles. The smallest absolute Gasteiger partial charge is 0.316 e. The third-order valence-electron chi connectivity index (χ3n) is 2.13. The molecule has 0 bridgehead atoms. The van der Waals surface area contributed by atoms with Gasteiger partial charge in [0.05, 0.1) is 12.4 Å². The fourth-order valence-corrected chi connectivity index (χ4v) is 1.11. The number of hydrogen-bond acceptors (Lipinski definition) is 6. The summed E-state index contributed by atoms with van der Waals surface area (Å²) in [4.78, 5) is 32.0. The quantitative estimate of drug-likeness (QED) is 0.300. The molecule has 0 aliphatic rings. The number of nitrogens with zero attached hydrogens (tertiary/aromatic N) is 3. The van der Waals surface area contributed by atoms with Gasteiger partial charge in [0.1, 0.15) is 5.69 Å². The summed E-state index contributed by atoms with van der Waals surface area (Å²) in [7, 11) is 3.27. The zero-order valence-corrected chi connectivity index (χ0v) is 10.8. The van der Waals surface area contributed by atoms with Gasteiger partial charge in [-0.25, -0.2) is 20.6 Å². The Labute approximate surface area is 110 Å². The number of amides is 3. The van der Waals surface area contributed by atoms with Gasteiger partial charge >= 0.3 is 6.03 Å². The van der Waals surface area contributed by atoms with E-state index in [2.05, 4.69) is 26.0 Å². The van der Waals surface area contributed by atoms with Gasteiger partial charge in [-0.3, -0.25) is 4.79 Å². The number of hydrogen-bond donors (Lipinski definition) is 4. The Morgan fingerprint density at radius 1 is 1.21 bits per heavy atom. The first-order valence-corrected chi connectivity index (χ1v) is 5.56. The minimum Gasteiger partial charge on any atom is -0.349 e. The fraction of sp³-hybridized carbons (Fsp3) is 0.400. The average Bonchev–Trinajstić information content (AvgIpc) is 2.43. The molecule has 9 heteroatoms. The Morgan fingerprint density at radius 2 is 1.89 bits per heavy atom. The van der Waals surface area contributed by atoms with Crippen molar-refractivity contribution in [2.24, 2.45) is 5.84 Å². The van der Waals surface area contributed by atoms with Gasteiger partial charge in [0.15, 0.2) is 5.82 Å². The van der Waals surface area contributed by atoms with Crippen LogP contribution >= 0.6 is 0 Å². The maximum absolute atomic E-state index is 11.6. The van der Waals surface area contributed by atoms with Gasteiger partial charge < -0.3 is 21.0 Å². The Morgan fingerprint density at radius 3 is 2.42 bits per heavy atom. The number of anilines is 1. The van der Waals surface area contributed by atoms with E-state index in [9.17, 15) is 9.59 Å². The lowest BCUT2D eigenvalue weighted by Gasteiger charge is -2.12. The topological polar surface area (TPSA) is 125 Å². The first kappa shape index (κ1) is 14.6. The third-order valence-corrected chi connectivity index (χ3v) is 2.13. The number of aromatic nitrogens is 2. The highest BCUT2D eigenvalue weighted by Gasteiger charge is 2.07. The molecule has 1 aromatic heterocycles. The second kappa shape index (κ2) is 7.11. The molecule has 0 radical (unpaired) electrons. The number of hydrazine groups is 1. The van der Waals surface area contributed by atoms with Crippen LogP contribution in [0.5, 0.6) is 0 Å². The molecule has 0 atom stereocenters. The molecule has 1 rings (SSSR count). The molecule has 1 heterocycles. The molecular weight excluding hydrogens is 250 g/mol. The van der Waals surface area contributed by atoms with E-state index in [4.69, 9.17) is 5.84 Å². The van der Waals surface area contributed by atoms with Crippen molar-refractivity contribution in [3.63, 3.8) is 0 Å². The molecular formula is C10H17N7O2. The Hall–Kier alpha value is -2.42. The van der Waals surface area contributed by atoms with Crippen molar-refractivity contribution in [2.45, 2.75) is 0 Å². The molecule has 0 saturated heterocycles. The van der Waals surface area contributed by atoms with Crippen LogP contribution in [0.2, 0.25) is 0 Å². The number of carbonyl (C=O) groups is 2. The van der Waals surface area contributed by atoms with Gasteiger partial charge in [0.2, 0.25) is 0 Å². The minimum atomic E-state index is -0.366. The zero-order chi connectivity index (χ0) is 14.3. The highest BCUT2D eigenvalue weighted by Crippen LogP contribution is 1.98. The summed E-state index contributed by atoms with van der Waals surface area (Å²) in [6.07, 6.45) is 2.66. The van der Waals surface area contributed by atoms with Crippen molar-refractivity contribution in [3.05, 3.63) is 18.1 Å². The number of urea groups is 1. The summed E-state index contributed by atoms with van der Waals surface area (Å²) in [6.45, 7) is 0.635. The SMILES string of the molecule is CN(C)C(=O)NCCNC(=O)c1cnc(NN)cn1. The molecule has 0 aliphatic carbocycles. The van der Waals surface area contributed by atoms with Crippen molar-refractivity contribution >= 4 is 17.8 Å². The molecule has 19 heavy (non-hydrogen) atoms. The summed E-state index contributed by atoms with van der Waals surface area (Å²) in [5.74, 6) is 5.13. The monoisotopic (exact) mass is 267 g/mol. The second-order valence-electron chi connectivity index (χ2n) is 3.81. The van der Waals surface area contributed by atoms with E-state index in [0.29, 0.717) is 18.9 Å². The van der Waals surface area contributed by atoms with Crippen molar-refractivity contribution in [3.8, 4) is 0 Å². The predicted octanol–water partition coefficient (Wildman–Crippen LogP) is -1.24. The number of nitrogens with one attached hydrogen (secondary N) is 3. The van der Waals surface area contributed by atoms with Crippen LogP contribution in [0.1, 0.15) is 10.5 Å². The van der Waals surface area contributed by atoms with Crippen LogP contribution in [-0.2, 0) is 0 Å². The standard InChI is InChI=1S/C10H17N7O2/c1-17(2)10(19)13-4-3-12-9(18)7-5-15-8(16-11)6-14-7/h5-6H,3-4,11H2,1-2H3,(H,12,18)(H,13,19)(H,15,16). The normalized spacial score (nSPS) is 9.63. The van der Waals surface area contributed by atoms with E-state index in [-0.39, 0.29) is 17.6 Å². The molecule has 0 unspecified atom stereocenters. The van der Waals surface area contributed by atoms with Crippen molar-refractivity contribution < 1.29 is 9.59 Å². The van der Waals surface area contributed by atoms with Crippen molar-refractivity contribution in [2.75, 3.05) is 32.6 Å². The van der Waals surface area contributed by atoms with Crippen LogP contribution in [0.3, 0.4) is 0 Å². The van der Waals surface area contributed by atoms with E-state index in [1.165, 1.54) is 17.3 Å². The summed E-state index contributed by atoms with van der Waals surface area (Å²) >= 11 is 0. The molecule has 1 aromatic rings. The van der Waals surface area contributed by atoms with Gasteiger partial charge in [-0.05, 0) is 0 Å². The second-order valence-corrected chi connectivity index (χ2v) is 3.81. The lowest BCUT2D eigenvalue weighted by atomic mass is 10.4. The lowest BCUT2D eigenvalue weighted by Crippen LogP contribution is -2.39. The van der Waals surface area contributed by atoms with Crippen LogP contribution in [0.4, 0.5) is 10.6 Å². The fourth-order valence-electron chi connectivity index (χ4n) is 1.11. The summed E-state index contributed by atoms with van der Waals surface area (Å²) in [5, 5.41) is 5.22. The van der Waals surface area contributed by atoms with Gasteiger partial charge in [-0.1, -0.05) is 0 Å². The molecule has 104 valence electrons. The largest absolute Gasteiger partial charge is 0.349 e. The maximum atomic E-state index is 11.6. The van der Waals surface area contributed by atoms with Gasteiger partial charge in [0, 0.05) is 27.2 Å². The number of nitrogen functional groups attached to an aromatic ring is 1. The molecule has 0 aliphatic heterocycles. The average molecular weight is 267 g/mol. The van der Waals surface area contributed by atoms with Gasteiger partial charge in [0.25, 0.3) is 5.91 Å². The van der Waals surface area contributed by atoms with Crippen molar-refractivity contribution in [1.82, 2.24) is 25.5 Å². The Balaban J connectivity index is 2.33.